The van der Waals surface area contributed by atoms with Gasteiger partial charge in [-0.15, -0.1) is 0 Å². The van der Waals surface area contributed by atoms with E-state index in [0.717, 1.165) is 17.7 Å². The summed E-state index contributed by atoms with van der Waals surface area (Å²) in [5.74, 6) is -1.07. The van der Waals surface area contributed by atoms with Gasteiger partial charge < -0.3 is 14.9 Å². The molecule has 1 aromatic carbocycles. The van der Waals surface area contributed by atoms with Crippen LogP contribution >= 0.6 is 0 Å². The Morgan fingerprint density at radius 1 is 1.24 bits per heavy atom. The Morgan fingerprint density at radius 3 is 2.52 bits per heavy atom. The zero-order valence-electron chi connectivity index (χ0n) is 13.0. The second-order valence-corrected chi connectivity index (χ2v) is 5.27. The number of carboxylic acids is 1. The van der Waals surface area contributed by atoms with Crippen molar-refractivity contribution in [2.45, 2.75) is 26.2 Å². The fraction of sp³-hybridized carbons (Fsp3) is 0.500. The van der Waals surface area contributed by atoms with Gasteiger partial charge in [0.1, 0.15) is 6.54 Å². The Morgan fingerprint density at radius 2 is 1.95 bits per heavy atom. The van der Waals surface area contributed by atoms with Crippen LogP contribution in [0.1, 0.15) is 25.3 Å². The number of nitrogens with zero attached hydrogens (tertiary/aromatic N) is 2. The van der Waals surface area contributed by atoms with E-state index in [4.69, 9.17) is 5.11 Å². The first kappa shape index (κ1) is 17.0. The fourth-order valence-electron chi connectivity index (χ4n) is 2.12. The number of carbonyl (C=O) groups is 2. The van der Waals surface area contributed by atoms with Crippen molar-refractivity contribution in [3.63, 3.8) is 0 Å². The van der Waals surface area contributed by atoms with Crippen LogP contribution in [0.4, 0.5) is 5.69 Å². The van der Waals surface area contributed by atoms with Crippen molar-refractivity contribution in [1.82, 2.24) is 4.90 Å². The van der Waals surface area contributed by atoms with Crippen molar-refractivity contribution in [2.24, 2.45) is 0 Å². The molecule has 0 aliphatic carbocycles. The number of carboxylic acid groups (broad SMARTS) is 1. The molecule has 0 atom stereocenters. The second-order valence-electron chi connectivity index (χ2n) is 5.27. The molecule has 21 heavy (non-hydrogen) atoms. The van der Waals surface area contributed by atoms with Gasteiger partial charge in [-0.1, -0.05) is 19.1 Å². The molecule has 1 N–H and O–H groups in total. The molecule has 1 amide bonds. The highest BCUT2D eigenvalue weighted by Gasteiger charge is 2.15. The van der Waals surface area contributed by atoms with Crippen molar-refractivity contribution in [3.05, 3.63) is 29.8 Å². The number of anilines is 1. The quantitative estimate of drug-likeness (QED) is 0.796. The molecule has 0 unspecified atom stereocenters. The van der Waals surface area contributed by atoms with Gasteiger partial charge in [-0.2, -0.15) is 0 Å². The molecule has 0 aromatic heterocycles. The summed E-state index contributed by atoms with van der Waals surface area (Å²) >= 11 is 0. The van der Waals surface area contributed by atoms with Crippen LogP contribution in [0.5, 0.6) is 0 Å². The SMILES string of the molecule is CCCN(CC(=O)O)C(=O)CCc1cccc(N(C)C)c1. The number of rotatable bonds is 8. The molecule has 0 spiro atoms. The predicted molar refractivity (Wildman–Crippen MR) is 83.6 cm³/mol. The number of aryl methyl sites for hydroxylation is 1. The average molecular weight is 292 g/mol. The van der Waals surface area contributed by atoms with Gasteiger partial charge in [0.25, 0.3) is 0 Å². The Hall–Kier alpha value is -2.04. The molecule has 0 heterocycles. The van der Waals surface area contributed by atoms with E-state index in [1.54, 1.807) is 0 Å². The molecular formula is C16H24N2O3. The Balaban J connectivity index is 2.61. The molecule has 116 valence electrons. The molecule has 5 heteroatoms. The van der Waals surface area contributed by atoms with E-state index in [1.807, 2.05) is 44.1 Å². The Kier molecular flexibility index (Phi) is 6.72. The third-order valence-corrected chi connectivity index (χ3v) is 3.23. The van der Waals surface area contributed by atoms with E-state index >= 15 is 0 Å². The molecule has 0 fully saturated rings. The highest BCUT2D eigenvalue weighted by atomic mass is 16.4. The van der Waals surface area contributed by atoms with Crippen molar-refractivity contribution >= 4 is 17.6 Å². The van der Waals surface area contributed by atoms with Crippen LogP contribution in [-0.4, -0.2) is 49.1 Å². The lowest BCUT2D eigenvalue weighted by atomic mass is 10.1. The summed E-state index contributed by atoms with van der Waals surface area (Å²) < 4.78 is 0. The largest absolute Gasteiger partial charge is 0.480 e. The second kappa shape index (κ2) is 8.29. The van der Waals surface area contributed by atoms with Crippen molar-refractivity contribution in [2.75, 3.05) is 32.1 Å². The van der Waals surface area contributed by atoms with Crippen LogP contribution in [0.2, 0.25) is 0 Å². The summed E-state index contributed by atoms with van der Waals surface area (Å²) in [5.41, 5.74) is 2.18. The molecule has 0 saturated heterocycles. The Labute approximate surface area is 126 Å². The predicted octanol–water partition coefficient (Wildman–Crippen LogP) is 2.01. The first-order valence-electron chi connectivity index (χ1n) is 7.20. The maximum atomic E-state index is 12.1. The summed E-state index contributed by atoms with van der Waals surface area (Å²) in [6, 6.07) is 8.02. The minimum atomic E-state index is -0.966. The van der Waals surface area contributed by atoms with Gasteiger partial charge in [0, 0.05) is 32.7 Å². The zero-order chi connectivity index (χ0) is 15.8. The van der Waals surface area contributed by atoms with Crippen molar-refractivity contribution < 1.29 is 14.7 Å². The number of aliphatic carboxylic acids is 1. The lowest BCUT2D eigenvalue weighted by Crippen LogP contribution is -2.36. The summed E-state index contributed by atoms with van der Waals surface area (Å²) in [7, 11) is 3.94. The fourth-order valence-corrected chi connectivity index (χ4v) is 2.12. The molecule has 0 radical (unpaired) electrons. The monoisotopic (exact) mass is 292 g/mol. The lowest BCUT2D eigenvalue weighted by Gasteiger charge is -2.20. The summed E-state index contributed by atoms with van der Waals surface area (Å²) in [6.07, 6.45) is 1.72. The highest BCUT2D eigenvalue weighted by molar-refractivity contribution is 5.81. The van der Waals surface area contributed by atoms with Gasteiger partial charge in [-0.05, 0) is 30.5 Å². The van der Waals surface area contributed by atoms with Crippen LogP contribution < -0.4 is 4.90 Å². The maximum absolute atomic E-state index is 12.1. The molecule has 0 saturated carbocycles. The molecule has 1 rings (SSSR count). The van der Waals surface area contributed by atoms with Crippen molar-refractivity contribution in [1.29, 1.82) is 0 Å². The van der Waals surface area contributed by atoms with Gasteiger partial charge in [0.05, 0.1) is 0 Å². The van der Waals surface area contributed by atoms with E-state index in [-0.39, 0.29) is 12.5 Å². The van der Waals surface area contributed by atoms with Crippen LogP contribution in [-0.2, 0) is 16.0 Å². The van der Waals surface area contributed by atoms with Gasteiger partial charge in [-0.3, -0.25) is 9.59 Å². The average Bonchev–Trinajstić information content (AvgIpc) is 2.44. The standard InChI is InChI=1S/C16H24N2O3/c1-4-10-18(12-16(20)21)15(19)9-8-13-6-5-7-14(11-13)17(2)3/h5-7,11H,4,8-10,12H2,1-3H3,(H,20,21). The van der Waals surface area contributed by atoms with Crippen LogP contribution in [0, 0.1) is 0 Å². The topological polar surface area (TPSA) is 60.9 Å². The maximum Gasteiger partial charge on any atom is 0.323 e. The van der Waals surface area contributed by atoms with Gasteiger partial charge in [0.2, 0.25) is 5.91 Å². The molecule has 0 aliphatic heterocycles. The third-order valence-electron chi connectivity index (χ3n) is 3.23. The van der Waals surface area contributed by atoms with E-state index in [0.29, 0.717) is 19.4 Å². The van der Waals surface area contributed by atoms with Crippen molar-refractivity contribution in [3.8, 4) is 0 Å². The summed E-state index contributed by atoms with van der Waals surface area (Å²) in [5, 5.41) is 8.84. The zero-order valence-corrected chi connectivity index (χ0v) is 13.0. The third kappa shape index (κ3) is 5.85. The molecular weight excluding hydrogens is 268 g/mol. The first-order chi connectivity index (χ1) is 9.93. The van der Waals surface area contributed by atoms with E-state index < -0.39 is 5.97 Å². The molecule has 5 nitrogen and oxygen atoms in total. The van der Waals surface area contributed by atoms with Crippen LogP contribution in [0.25, 0.3) is 0 Å². The number of hydrogen-bond acceptors (Lipinski definition) is 3. The van der Waals surface area contributed by atoms with Crippen LogP contribution in [0.15, 0.2) is 24.3 Å². The number of amides is 1. The smallest absolute Gasteiger partial charge is 0.323 e. The van der Waals surface area contributed by atoms with E-state index in [2.05, 4.69) is 6.07 Å². The molecule has 1 aromatic rings. The van der Waals surface area contributed by atoms with Gasteiger partial charge in [-0.25, -0.2) is 0 Å². The summed E-state index contributed by atoms with van der Waals surface area (Å²) in [6.45, 7) is 2.20. The first-order valence-corrected chi connectivity index (χ1v) is 7.20. The van der Waals surface area contributed by atoms with Gasteiger partial charge in [0.15, 0.2) is 0 Å². The van der Waals surface area contributed by atoms with Crippen LogP contribution in [0.3, 0.4) is 0 Å². The van der Waals surface area contributed by atoms with E-state index in [1.165, 1.54) is 4.90 Å². The minimum absolute atomic E-state index is 0.102. The number of hydrogen-bond donors (Lipinski definition) is 1. The van der Waals surface area contributed by atoms with E-state index in [9.17, 15) is 9.59 Å². The number of benzene rings is 1. The minimum Gasteiger partial charge on any atom is -0.480 e. The number of carbonyl (C=O) groups excluding carboxylic acids is 1. The molecule has 0 aliphatic rings. The highest BCUT2D eigenvalue weighted by Crippen LogP contribution is 2.15. The lowest BCUT2D eigenvalue weighted by molar-refractivity contribution is -0.144. The Bertz CT molecular complexity index is 486. The normalized spacial score (nSPS) is 10.2. The van der Waals surface area contributed by atoms with Gasteiger partial charge >= 0.3 is 5.97 Å². The summed E-state index contributed by atoms with van der Waals surface area (Å²) in [4.78, 5) is 26.3. The molecule has 0 bridgehead atoms.